The molecule has 0 radical (unpaired) electrons. The van der Waals surface area contributed by atoms with E-state index >= 15 is 0 Å². The number of hydrogen-bond acceptors (Lipinski definition) is 2. The van der Waals surface area contributed by atoms with E-state index < -0.39 is 0 Å². The smallest absolute Gasteiger partial charge is 0.0346 e. The molecular formula is C42H30N2. The van der Waals surface area contributed by atoms with Gasteiger partial charge in [0.05, 0.1) is 0 Å². The fourth-order valence-corrected chi connectivity index (χ4v) is 6.81. The molecule has 0 aliphatic carbocycles. The molecule has 0 saturated carbocycles. The van der Waals surface area contributed by atoms with Crippen LogP contribution in [0.15, 0.2) is 146 Å². The molecule has 2 aromatic heterocycles. The Labute approximate surface area is 257 Å². The molecular weight excluding hydrogens is 532 g/mol. The Kier molecular flexibility index (Phi) is 6.27. The zero-order valence-electron chi connectivity index (χ0n) is 24.8. The molecule has 0 spiro atoms. The largest absolute Gasteiger partial charge is 0.264 e. The Bertz CT molecular complexity index is 2290. The summed E-state index contributed by atoms with van der Waals surface area (Å²) in [5, 5.41) is 7.49. The van der Waals surface area contributed by atoms with Gasteiger partial charge in [-0.2, -0.15) is 0 Å². The second kappa shape index (κ2) is 10.6. The third-order valence-corrected chi connectivity index (χ3v) is 8.82. The highest BCUT2D eigenvalue weighted by atomic mass is 14.6. The number of fused-ring (bicyclic) bond motifs is 3. The first kappa shape index (κ1) is 26.1. The summed E-state index contributed by atoms with van der Waals surface area (Å²) in [6, 6.07) is 44.4. The number of hydrogen-bond donors (Lipinski definition) is 0. The highest BCUT2D eigenvalue weighted by molar-refractivity contribution is 6.24. The van der Waals surface area contributed by atoms with Gasteiger partial charge in [0.1, 0.15) is 0 Å². The Morgan fingerprint density at radius 3 is 1.55 bits per heavy atom. The van der Waals surface area contributed by atoms with Crippen LogP contribution in [-0.2, 0) is 0 Å². The van der Waals surface area contributed by atoms with Gasteiger partial charge in [-0.1, -0.05) is 109 Å². The van der Waals surface area contributed by atoms with Gasteiger partial charge >= 0.3 is 0 Å². The Balaban J connectivity index is 1.39. The fourth-order valence-electron chi connectivity index (χ4n) is 6.81. The zero-order chi connectivity index (χ0) is 29.6. The molecule has 2 heteroatoms. The van der Waals surface area contributed by atoms with Crippen molar-refractivity contribution in [2.45, 2.75) is 13.8 Å². The van der Waals surface area contributed by atoms with Gasteiger partial charge in [0.25, 0.3) is 0 Å². The van der Waals surface area contributed by atoms with Crippen molar-refractivity contribution in [3.8, 4) is 44.5 Å². The lowest BCUT2D eigenvalue weighted by molar-refractivity contribution is 1.27. The third-order valence-electron chi connectivity index (χ3n) is 8.82. The van der Waals surface area contributed by atoms with E-state index in [0.717, 1.165) is 11.1 Å². The SMILES string of the molecule is Cc1cncc(-c2ccc(-c3c4ccccc4c(-c4ccc(-c5ccncc5C)cc4)c4ccccc34)c3ccccc23)c1. The molecule has 0 atom stereocenters. The Morgan fingerprint density at radius 1 is 0.386 bits per heavy atom. The highest BCUT2D eigenvalue weighted by Gasteiger charge is 2.19. The minimum atomic E-state index is 1.14. The van der Waals surface area contributed by atoms with E-state index in [1.54, 1.807) is 0 Å². The monoisotopic (exact) mass is 562 g/mol. The molecule has 0 aliphatic heterocycles. The van der Waals surface area contributed by atoms with Crippen LogP contribution in [0.1, 0.15) is 11.1 Å². The van der Waals surface area contributed by atoms with Gasteiger partial charge in [0.2, 0.25) is 0 Å². The van der Waals surface area contributed by atoms with Crippen LogP contribution < -0.4 is 0 Å². The van der Waals surface area contributed by atoms with E-state index in [4.69, 9.17) is 0 Å². The van der Waals surface area contributed by atoms with Crippen molar-refractivity contribution >= 4 is 32.3 Å². The van der Waals surface area contributed by atoms with Gasteiger partial charge in [0.15, 0.2) is 0 Å². The van der Waals surface area contributed by atoms with Crippen molar-refractivity contribution in [1.29, 1.82) is 0 Å². The van der Waals surface area contributed by atoms with Gasteiger partial charge in [-0.25, -0.2) is 0 Å². The minimum Gasteiger partial charge on any atom is -0.264 e. The third kappa shape index (κ3) is 4.27. The summed E-state index contributed by atoms with van der Waals surface area (Å²) in [6.07, 6.45) is 7.67. The number of pyridine rings is 2. The van der Waals surface area contributed by atoms with Crippen molar-refractivity contribution in [2.75, 3.05) is 0 Å². The lowest BCUT2D eigenvalue weighted by Crippen LogP contribution is -1.93. The number of aromatic nitrogens is 2. The summed E-state index contributed by atoms with van der Waals surface area (Å²) in [6.45, 7) is 4.21. The summed E-state index contributed by atoms with van der Waals surface area (Å²) in [4.78, 5) is 8.77. The summed E-state index contributed by atoms with van der Waals surface area (Å²) in [5.41, 5.74) is 12.1. The topological polar surface area (TPSA) is 25.8 Å². The molecule has 0 bridgehead atoms. The van der Waals surface area contributed by atoms with Gasteiger partial charge in [-0.3, -0.25) is 9.97 Å². The first-order valence-electron chi connectivity index (χ1n) is 15.1. The maximum Gasteiger partial charge on any atom is 0.0346 e. The first-order valence-corrected chi connectivity index (χ1v) is 15.1. The molecule has 0 unspecified atom stereocenters. The molecule has 2 heterocycles. The van der Waals surface area contributed by atoms with E-state index in [0.29, 0.717) is 0 Å². The van der Waals surface area contributed by atoms with Gasteiger partial charge in [-0.05, 0) is 108 Å². The van der Waals surface area contributed by atoms with Crippen molar-refractivity contribution < 1.29 is 0 Å². The first-order chi connectivity index (χ1) is 21.7. The molecule has 8 aromatic rings. The molecule has 0 aliphatic rings. The fraction of sp³-hybridized carbons (Fsp3) is 0.0476. The number of benzene rings is 6. The van der Waals surface area contributed by atoms with E-state index in [-0.39, 0.29) is 0 Å². The van der Waals surface area contributed by atoms with Crippen LogP contribution in [-0.4, -0.2) is 9.97 Å². The normalized spacial score (nSPS) is 11.4. The molecule has 208 valence electrons. The summed E-state index contributed by atoms with van der Waals surface area (Å²) >= 11 is 0. The zero-order valence-corrected chi connectivity index (χ0v) is 24.8. The quantitative estimate of drug-likeness (QED) is 0.199. The average molecular weight is 563 g/mol. The van der Waals surface area contributed by atoms with Gasteiger partial charge in [-0.15, -0.1) is 0 Å². The van der Waals surface area contributed by atoms with Crippen molar-refractivity contribution in [1.82, 2.24) is 9.97 Å². The van der Waals surface area contributed by atoms with Crippen LogP contribution in [0.3, 0.4) is 0 Å². The molecule has 8 rings (SSSR count). The molecule has 44 heavy (non-hydrogen) atoms. The van der Waals surface area contributed by atoms with Crippen molar-refractivity contribution in [3.63, 3.8) is 0 Å². The molecule has 0 fully saturated rings. The molecule has 6 aromatic carbocycles. The van der Waals surface area contributed by atoms with Crippen molar-refractivity contribution in [3.05, 3.63) is 157 Å². The second-order valence-electron chi connectivity index (χ2n) is 11.6. The average Bonchev–Trinajstić information content (AvgIpc) is 3.07. The van der Waals surface area contributed by atoms with Gasteiger partial charge in [0, 0.05) is 30.4 Å². The summed E-state index contributed by atoms with van der Waals surface area (Å²) < 4.78 is 0. The standard InChI is InChI=1S/C42H30N2/c1-27-23-31(26-44-24-27)33-19-20-40(35-10-4-3-9-34(33)35)42-38-13-7-5-11-36(38)41(37-12-6-8-14-39(37)42)30-17-15-29(16-18-30)32-21-22-43-25-28(32)2/h3-26H,1-2H3. The highest BCUT2D eigenvalue weighted by Crippen LogP contribution is 2.46. The summed E-state index contributed by atoms with van der Waals surface area (Å²) in [5.74, 6) is 0. The molecule has 2 nitrogen and oxygen atoms in total. The van der Waals surface area contributed by atoms with Crippen LogP contribution in [0, 0.1) is 13.8 Å². The second-order valence-corrected chi connectivity index (χ2v) is 11.6. The lowest BCUT2D eigenvalue weighted by Gasteiger charge is -2.20. The minimum absolute atomic E-state index is 1.14. The summed E-state index contributed by atoms with van der Waals surface area (Å²) in [7, 11) is 0. The van der Waals surface area contributed by atoms with E-state index in [1.807, 2.05) is 24.8 Å². The lowest BCUT2D eigenvalue weighted by atomic mass is 9.83. The Hall–Kier alpha value is -5.60. The van der Waals surface area contributed by atoms with Crippen LogP contribution in [0.2, 0.25) is 0 Å². The van der Waals surface area contributed by atoms with Crippen molar-refractivity contribution in [2.24, 2.45) is 0 Å². The van der Waals surface area contributed by atoms with Crippen LogP contribution in [0.5, 0.6) is 0 Å². The Morgan fingerprint density at radius 2 is 0.932 bits per heavy atom. The van der Waals surface area contributed by atoms with E-state index in [9.17, 15) is 0 Å². The molecule has 0 amide bonds. The van der Waals surface area contributed by atoms with Crippen LogP contribution in [0.25, 0.3) is 76.8 Å². The molecule has 0 saturated heterocycles. The maximum atomic E-state index is 4.49. The predicted molar refractivity (Wildman–Crippen MR) is 186 cm³/mol. The van der Waals surface area contributed by atoms with Gasteiger partial charge < -0.3 is 0 Å². The van der Waals surface area contributed by atoms with E-state index in [1.165, 1.54) is 76.8 Å². The number of aryl methyl sites for hydroxylation is 2. The number of rotatable bonds is 4. The van der Waals surface area contributed by atoms with E-state index in [2.05, 4.69) is 145 Å². The van der Waals surface area contributed by atoms with Crippen LogP contribution >= 0.6 is 0 Å². The maximum absolute atomic E-state index is 4.49. The number of nitrogens with zero attached hydrogens (tertiary/aromatic N) is 2. The molecule has 0 N–H and O–H groups in total. The predicted octanol–water partition coefficient (Wildman–Crippen LogP) is 11.2. The van der Waals surface area contributed by atoms with Crippen LogP contribution in [0.4, 0.5) is 0 Å².